The van der Waals surface area contributed by atoms with Gasteiger partial charge in [-0.25, -0.2) is 10.2 Å². The maximum Gasteiger partial charge on any atom is 0.337 e. The van der Waals surface area contributed by atoms with Crippen molar-refractivity contribution in [2.75, 3.05) is 5.32 Å². The Labute approximate surface area is 154 Å². The highest BCUT2D eigenvalue weighted by Gasteiger charge is 2.12. The number of aryl methyl sites for hydroxylation is 1. The molecule has 2 aromatic rings. The highest BCUT2D eigenvalue weighted by Crippen LogP contribution is 2.15. The molecular weight excluding hydrogens is 350 g/mol. The molecule has 0 aliphatic carbocycles. The standard InChI is InChI=1S/C18H15N5O4/c1-12-5-7-15(8-6-12)20-18(25)22-21-17(24)14(11-19)9-13-3-2-4-16(10-13)23(26)27/h2-10H,1H3,(H,21,24)(H2,20,22,25)/b14-9+. The van der Waals surface area contributed by atoms with Crippen LogP contribution in [0, 0.1) is 28.4 Å². The average Bonchev–Trinajstić information content (AvgIpc) is 2.66. The van der Waals surface area contributed by atoms with Crippen molar-refractivity contribution in [2.24, 2.45) is 0 Å². The van der Waals surface area contributed by atoms with Crippen LogP contribution in [0.15, 0.2) is 54.1 Å². The lowest BCUT2D eigenvalue weighted by Gasteiger charge is -2.08. The molecule has 0 heterocycles. The predicted octanol–water partition coefficient (Wildman–Crippen LogP) is 2.66. The molecule has 27 heavy (non-hydrogen) atoms. The Morgan fingerprint density at radius 3 is 2.48 bits per heavy atom. The molecule has 9 nitrogen and oxygen atoms in total. The van der Waals surface area contributed by atoms with Gasteiger partial charge in [0.15, 0.2) is 0 Å². The Bertz CT molecular complexity index is 945. The summed E-state index contributed by atoms with van der Waals surface area (Å²) in [7, 11) is 0. The van der Waals surface area contributed by atoms with Gasteiger partial charge < -0.3 is 5.32 Å². The zero-order valence-corrected chi connectivity index (χ0v) is 14.2. The van der Waals surface area contributed by atoms with E-state index in [2.05, 4.69) is 16.2 Å². The quantitative estimate of drug-likeness (QED) is 0.331. The number of nitro groups is 1. The molecule has 0 aliphatic rings. The molecule has 0 unspecified atom stereocenters. The summed E-state index contributed by atoms with van der Waals surface area (Å²) in [5.41, 5.74) is 5.59. The molecular formula is C18H15N5O4. The third kappa shape index (κ3) is 5.68. The number of nitriles is 1. The number of hydrogen-bond donors (Lipinski definition) is 3. The number of nitro benzene ring substituents is 1. The first-order valence-corrected chi connectivity index (χ1v) is 7.69. The molecule has 0 atom stereocenters. The van der Waals surface area contributed by atoms with Crippen LogP contribution in [0.5, 0.6) is 0 Å². The number of non-ortho nitro benzene ring substituents is 1. The summed E-state index contributed by atoms with van der Waals surface area (Å²) in [6, 6.07) is 13.5. The number of nitrogens with zero attached hydrogens (tertiary/aromatic N) is 2. The maximum absolute atomic E-state index is 12.0. The lowest BCUT2D eigenvalue weighted by molar-refractivity contribution is -0.384. The monoisotopic (exact) mass is 365 g/mol. The third-order valence-electron chi connectivity index (χ3n) is 3.36. The second-order valence-corrected chi connectivity index (χ2v) is 5.42. The van der Waals surface area contributed by atoms with Gasteiger partial charge in [0.05, 0.1) is 4.92 Å². The fraction of sp³-hybridized carbons (Fsp3) is 0.0556. The fourth-order valence-electron chi connectivity index (χ4n) is 2.02. The molecule has 0 saturated heterocycles. The van der Waals surface area contributed by atoms with Crippen LogP contribution in [0.4, 0.5) is 16.2 Å². The number of carbonyl (C=O) groups excluding carboxylic acids is 2. The minimum absolute atomic E-state index is 0.169. The van der Waals surface area contributed by atoms with E-state index in [-0.39, 0.29) is 11.3 Å². The number of anilines is 1. The number of amides is 3. The highest BCUT2D eigenvalue weighted by molar-refractivity contribution is 6.03. The Morgan fingerprint density at radius 2 is 1.85 bits per heavy atom. The zero-order valence-electron chi connectivity index (χ0n) is 14.2. The van der Waals surface area contributed by atoms with E-state index in [9.17, 15) is 19.7 Å². The lowest BCUT2D eigenvalue weighted by atomic mass is 10.1. The number of urea groups is 1. The Morgan fingerprint density at radius 1 is 1.15 bits per heavy atom. The van der Waals surface area contributed by atoms with E-state index in [1.165, 1.54) is 30.3 Å². The van der Waals surface area contributed by atoms with E-state index in [1.807, 2.05) is 19.1 Å². The predicted molar refractivity (Wildman–Crippen MR) is 98.2 cm³/mol. The van der Waals surface area contributed by atoms with E-state index in [0.29, 0.717) is 11.3 Å². The van der Waals surface area contributed by atoms with Crippen molar-refractivity contribution in [3.05, 3.63) is 75.3 Å². The highest BCUT2D eigenvalue weighted by atomic mass is 16.6. The van der Waals surface area contributed by atoms with Crippen LogP contribution < -0.4 is 16.2 Å². The van der Waals surface area contributed by atoms with Gasteiger partial charge in [-0.15, -0.1) is 0 Å². The van der Waals surface area contributed by atoms with E-state index >= 15 is 0 Å². The minimum atomic E-state index is -0.858. The molecule has 0 bridgehead atoms. The molecule has 0 fully saturated rings. The van der Waals surface area contributed by atoms with Gasteiger partial charge in [-0.3, -0.25) is 20.3 Å². The van der Waals surface area contributed by atoms with E-state index < -0.39 is 16.9 Å². The maximum atomic E-state index is 12.0. The average molecular weight is 365 g/mol. The molecule has 0 saturated carbocycles. The smallest absolute Gasteiger partial charge is 0.307 e. The second-order valence-electron chi connectivity index (χ2n) is 5.42. The first-order valence-electron chi connectivity index (χ1n) is 7.69. The Kier molecular flexibility index (Phi) is 6.22. The van der Waals surface area contributed by atoms with Gasteiger partial charge in [-0.1, -0.05) is 29.8 Å². The molecule has 2 aromatic carbocycles. The van der Waals surface area contributed by atoms with Crippen molar-refractivity contribution >= 4 is 29.4 Å². The fourth-order valence-corrected chi connectivity index (χ4v) is 2.02. The van der Waals surface area contributed by atoms with Gasteiger partial charge in [0.25, 0.3) is 11.6 Å². The second kappa shape index (κ2) is 8.77. The van der Waals surface area contributed by atoms with Crippen LogP contribution in [-0.4, -0.2) is 16.9 Å². The van der Waals surface area contributed by atoms with Crippen LogP contribution in [0.25, 0.3) is 6.08 Å². The van der Waals surface area contributed by atoms with Crippen LogP contribution in [0.3, 0.4) is 0 Å². The number of carbonyl (C=O) groups is 2. The van der Waals surface area contributed by atoms with Gasteiger partial charge in [0.2, 0.25) is 0 Å². The van der Waals surface area contributed by atoms with Gasteiger partial charge in [-0.05, 0) is 30.7 Å². The van der Waals surface area contributed by atoms with Crippen LogP contribution in [-0.2, 0) is 4.79 Å². The molecule has 136 valence electrons. The SMILES string of the molecule is Cc1ccc(NC(=O)NNC(=O)/C(C#N)=C/c2cccc([N+](=O)[O-])c2)cc1. The van der Waals surface area contributed by atoms with Crippen LogP contribution >= 0.6 is 0 Å². The number of nitrogens with one attached hydrogen (secondary N) is 3. The molecule has 0 spiro atoms. The molecule has 0 aliphatic heterocycles. The van der Waals surface area contributed by atoms with Gasteiger partial charge >= 0.3 is 6.03 Å². The van der Waals surface area contributed by atoms with Crippen LogP contribution in [0.1, 0.15) is 11.1 Å². The molecule has 3 N–H and O–H groups in total. The van der Waals surface area contributed by atoms with Gasteiger partial charge in [0, 0.05) is 17.8 Å². The first-order chi connectivity index (χ1) is 12.9. The van der Waals surface area contributed by atoms with Crippen molar-refractivity contribution in [1.82, 2.24) is 10.9 Å². The summed E-state index contributed by atoms with van der Waals surface area (Å²) in [6.45, 7) is 1.90. The van der Waals surface area contributed by atoms with Crippen molar-refractivity contribution < 1.29 is 14.5 Å². The van der Waals surface area contributed by atoms with E-state index in [4.69, 9.17) is 5.26 Å². The number of rotatable bonds is 4. The Hall–Kier alpha value is -4.19. The van der Waals surface area contributed by atoms with E-state index in [0.717, 1.165) is 5.56 Å². The summed E-state index contributed by atoms with van der Waals surface area (Å²) in [5, 5.41) is 22.4. The van der Waals surface area contributed by atoms with Gasteiger partial charge in [-0.2, -0.15) is 5.26 Å². The third-order valence-corrected chi connectivity index (χ3v) is 3.36. The molecule has 0 radical (unpaired) electrons. The minimum Gasteiger partial charge on any atom is -0.307 e. The number of hydrazine groups is 1. The van der Waals surface area contributed by atoms with E-state index in [1.54, 1.807) is 18.2 Å². The summed E-state index contributed by atoms with van der Waals surface area (Å²) in [5.74, 6) is -0.858. The van der Waals surface area contributed by atoms with Gasteiger partial charge in [0.1, 0.15) is 11.6 Å². The molecule has 0 aromatic heterocycles. The van der Waals surface area contributed by atoms with Crippen molar-refractivity contribution in [3.63, 3.8) is 0 Å². The largest absolute Gasteiger partial charge is 0.337 e. The first kappa shape index (κ1) is 19.1. The number of benzene rings is 2. The van der Waals surface area contributed by atoms with Crippen molar-refractivity contribution in [3.8, 4) is 6.07 Å². The summed E-state index contributed by atoms with van der Waals surface area (Å²) in [4.78, 5) is 34.0. The molecule has 9 heteroatoms. The molecule has 2 rings (SSSR count). The summed E-state index contributed by atoms with van der Waals surface area (Å²) < 4.78 is 0. The van der Waals surface area contributed by atoms with Crippen molar-refractivity contribution in [1.29, 1.82) is 5.26 Å². The topological polar surface area (TPSA) is 137 Å². The number of hydrogen-bond acceptors (Lipinski definition) is 5. The normalized spacial score (nSPS) is 10.4. The van der Waals surface area contributed by atoms with Crippen molar-refractivity contribution in [2.45, 2.75) is 6.92 Å². The zero-order chi connectivity index (χ0) is 19.8. The Balaban J connectivity index is 1.99. The lowest BCUT2D eigenvalue weighted by Crippen LogP contribution is -2.44. The van der Waals surface area contributed by atoms with Crippen LogP contribution in [0.2, 0.25) is 0 Å². The summed E-state index contributed by atoms with van der Waals surface area (Å²) >= 11 is 0. The summed E-state index contributed by atoms with van der Waals surface area (Å²) in [6.07, 6.45) is 1.18. The molecule has 3 amide bonds.